The number of rotatable bonds is 3. The van der Waals surface area contributed by atoms with E-state index in [-0.39, 0.29) is 5.69 Å². The Bertz CT molecular complexity index is 371. The van der Waals surface area contributed by atoms with Crippen molar-refractivity contribution >= 4 is 11.6 Å². The number of carbonyl (C=O) groups excluding carboxylic acids is 1. The van der Waals surface area contributed by atoms with Crippen LogP contribution in [-0.2, 0) is 6.54 Å². The van der Waals surface area contributed by atoms with Crippen molar-refractivity contribution in [3.8, 4) is 0 Å². The first-order chi connectivity index (χ1) is 6.58. The fraction of sp³-hybridized carbons (Fsp3) is 0.556. The maximum absolute atomic E-state index is 10.9. The van der Waals surface area contributed by atoms with Gasteiger partial charge in [0.1, 0.15) is 0 Å². The monoisotopic (exact) mass is 194 g/mol. The maximum Gasteiger partial charge on any atom is 0.271 e. The largest absolute Gasteiger partial charge is 0.396 e. The van der Waals surface area contributed by atoms with Crippen LogP contribution in [0.2, 0.25) is 0 Å². The molecule has 5 heteroatoms. The first kappa shape index (κ1) is 9.05. The minimum Gasteiger partial charge on any atom is -0.396 e. The highest BCUT2D eigenvalue weighted by Crippen LogP contribution is 2.38. The van der Waals surface area contributed by atoms with Crippen LogP contribution in [0.25, 0.3) is 0 Å². The Balaban J connectivity index is 2.12. The molecule has 0 aromatic carbocycles. The molecule has 0 radical (unpaired) electrons. The summed E-state index contributed by atoms with van der Waals surface area (Å²) in [6, 6.07) is 0. The Hall–Kier alpha value is -1.52. The molecule has 1 heterocycles. The normalized spacial score (nSPS) is 24.9. The van der Waals surface area contributed by atoms with Gasteiger partial charge >= 0.3 is 0 Å². The van der Waals surface area contributed by atoms with Crippen molar-refractivity contribution in [2.75, 3.05) is 5.73 Å². The van der Waals surface area contributed by atoms with Gasteiger partial charge in [-0.3, -0.25) is 9.48 Å². The molecule has 1 fully saturated rings. The molecule has 0 saturated heterocycles. The summed E-state index contributed by atoms with van der Waals surface area (Å²) >= 11 is 0. The highest BCUT2D eigenvalue weighted by molar-refractivity contribution is 5.95. The summed E-state index contributed by atoms with van der Waals surface area (Å²) in [4.78, 5) is 10.9. The van der Waals surface area contributed by atoms with Crippen molar-refractivity contribution in [2.24, 2.45) is 17.6 Å². The van der Waals surface area contributed by atoms with Gasteiger partial charge in [-0.1, -0.05) is 6.92 Å². The van der Waals surface area contributed by atoms with E-state index in [0.29, 0.717) is 11.6 Å². The van der Waals surface area contributed by atoms with E-state index in [0.717, 1.165) is 12.5 Å². The second-order valence-electron chi connectivity index (χ2n) is 3.99. The van der Waals surface area contributed by atoms with Crippen LogP contribution in [-0.4, -0.2) is 15.7 Å². The standard InChI is InChI=1S/C9H14N4O/c1-5-2-6(5)3-13-4-7(10)8(12-13)9(11)14/h4-6H,2-3,10H2,1H3,(H2,11,14). The quantitative estimate of drug-likeness (QED) is 0.721. The number of hydrogen-bond donors (Lipinski definition) is 2. The van der Waals surface area contributed by atoms with Crippen LogP contribution in [0.5, 0.6) is 0 Å². The smallest absolute Gasteiger partial charge is 0.271 e. The second kappa shape index (κ2) is 3.01. The molecular weight excluding hydrogens is 180 g/mol. The third-order valence-electron chi connectivity index (χ3n) is 2.72. The molecule has 1 aromatic heterocycles. The maximum atomic E-state index is 10.9. The fourth-order valence-electron chi connectivity index (χ4n) is 1.62. The van der Waals surface area contributed by atoms with Gasteiger partial charge < -0.3 is 11.5 Å². The molecule has 5 nitrogen and oxygen atoms in total. The number of hydrogen-bond acceptors (Lipinski definition) is 3. The van der Waals surface area contributed by atoms with Gasteiger partial charge in [0.25, 0.3) is 5.91 Å². The highest BCUT2D eigenvalue weighted by Gasteiger charge is 2.33. The average molecular weight is 194 g/mol. The topological polar surface area (TPSA) is 86.9 Å². The van der Waals surface area contributed by atoms with Crippen LogP contribution in [0.15, 0.2) is 6.20 Å². The molecule has 1 aliphatic rings. The summed E-state index contributed by atoms with van der Waals surface area (Å²) in [5.41, 5.74) is 11.2. The van der Waals surface area contributed by atoms with Gasteiger partial charge in [0.15, 0.2) is 5.69 Å². The predicted molar refractivity (Wildman–Crippen MR) is 52.4 cm³/mol. The molecule has 76 valence electrons. The molecule has 1 saturated carbocycles. The number of amides is 1. The molecular formula is C9H14N4O. The van der Waals surface area contributed by atoms with E-state index >= 15 is 0 Å². The Morgan fingerprint density at radius 3 is 2.86 bits per heavy atom. The highest BCUT2D eigenvalue weighted by atomic mass is 16.1. The second-order valence-corrected chi connectivity index (χ2v) is 3.99. The Labute approximate surface area is 82.1 Å². The van der Waals surface area contributed by atoms with Crippen LogP contribution in [0.3, 0.4) is 0 Å². The SMILES string of the molecule is CC1CC1Cn1cc(N)c(C(N)=O)n1. The van der Waals surface area contributed by atoms with E-state index in [9.17, 15) is 4.79 Å². The first-order valence-electron chi connectivity index (χ1n) is 4.70. The van der Waals surface area contributed by atoms with Gasteiger partial charge in [-0.2, -0.15) is 5.10 Å². The molecule has 1 aliphatic carbocycles. The number of anilines is 1. The lowest BCUT2D eigenvalue weighted by molar-refractivity contribution is 0.0995. The van der Waals surface area contributed by atoms with Crippen LogP contribution in [0, 0.1) is 11.8 Å². The molecule has 2 unspecified atom stereocenters. The summed E-state index contributed by atoms with van der Waals surface area (Å²) in [7, 11) is 0. The van der Waals surface area contributed by atoms with Crippen molar-refractivity contribution in [1.82, 2.24) is 9.78 Å². The molecule has 14 heavy (non-hydrogen) atoms. The number of carbonyl (C=O) groups is 1. The zero-order valence-corrected chi connectivity index (χ0v) is 8.10. The summed E-state index contributed by atoms with van der Waals surface area (Å²) in [6.45, 7) is 3.03. The van der Waals surface area contributed by atoms with Gasteiger partial charge in [-0.05, 0) is 18.3 Å². The van der Waals surface area contributed by atoms with Gasteiger partial charge in [0.2, 0.25) is 0 Å². The number of primary amides is 1. The lowest BCUT2D eigenvalue weighted by atomic mass is 10.3. The van der Waals surface area contributed by atoms with E-state index in [1.54, 1.807) is 10.9 Å². The molecule has 2 rings (SSSR count). The van der Waals surface area contributed by atoms with E-state index < -0.39 is 5.91 Å². The summed E-state index contributed by atoms with van der Waals surface area (Å²) in [6.07, 6.45) is 2.90. The third-order valence-corrected chi connectivity index (χ3v) is 2.72. The minimum atomic E-state index is -0.565. The molecule has 0 spiro atoms. The average Bonchev–Trinajstić information content (AvgIpc) is 2.60. The Morgan fingerprint density at radius 2 is 2.43 bits per heavy atom. The van der Waals surface area contributed by atoms with E-state index in [2.05, 4.69) is 12.0 Å². The minimum absolute atomic E-state index is 0.179. The van der Waals surface area contributed by atoms with Crippen molar-refractivity contribution < 1.29 is 4.79 Å². The van der Waals surface area contributed by atoms with Crippen molar-refractivity contribution in [2.45, 2.75) is 19.9 Å². The number of nitrogen functional groups attached to an aromatic ring is 1. The van der Waals surface area contributed by atoms with Gasteiger partial charge in [-0.15, -0.1) is 0 Å². The van der Waals surface area contributed by atoms with Crippen molar-refractivity contribution in [3.63, 3.8) is 0 Å². The molecule has 2 atom stereocenters. The molecule has 0 aliphatic heterocycles. The first-order valence-corrected chi connectivity index (χ1v) is 4.70. The predicted octanol–water partition coefficient (Wildman–Crippen LogP) is 0.220. The summed E-state index contributed by atoms with van der Waals surface area (Å²) < 4.78 is 1.71. The molecule has 1 amide bonds. The van der Waals surface area contributed by atoms with Crippen LogP contribution in [0.4, 0.5) is 5.69 Å². The van der Waals surface area contributed by atoms with E-state index in [4.69, 9.17) is 11.5 Å². The van der Waals surface area contributed by atoms with Crippen LogP contribution < -0.4 is 11.5 Å². The summed E-state index contributed by atoms with van der Waals surface area (Å²) in [5.74, 6) is 0.873. The van der Waals surface area contributed by atoms with Gasteiger partial charge in [0.05, 0.1) is 5.69 Å². The molecule has 1 aromatic rings. The van der Waals surface area contributed by atoms with Crippen LogP contribution in [0.1, 0.15) is 23.8 Å². The number of aromatic nitrogens is 2. The Kier molecular flexibility index (Phi) is 1.94. The van der Waals surface area contributed by atoms with Gasteiger partial charge in [-0.25, -0.2) is 0 Å². The lowest BCUT2D eigenvalue weighted by Crippen LogP contribution is -2.14. The van der Waals surface area contributed by atoms with Crippen molar-refractivity contribution in [1.29, 1.82) is 0 Å². The number of nitrogens with zero attached hydrogens (tertiary/aromatic N) is 2. The summed E-state index contributed by atoms with van der Waals surface area (Å²) in [5, 5.41) is 4.04. The third kappa shape index (κ3) is 1.57. The fourth-order valence-corrected chi connectivity index (χ4v) is 1.62. The number of nitrogens with two attached hydrogens (primary N) is 2. The molecule has 4 N–H and O–H groups in total. The van der Waals surface area contributed by atoms with E-state index in [1.807, 2.05) is 0 Å². The van der Waals surface area contributed by atoms with E-state index in [1.165, 1.54) is 6.42 Å². The lowest BCUT2D eigenvalue weighted by Gasteiger charge is -1.97. The molecule has 0 bridgehead atoms. The van der Waals surface area contributed by atoms with Crippen LogP contribution >= 0.6 is 0 Å². The van der Waals surface area contributed by atoms with Crippen molar-refractivity contribution in [3.05, 3.63) is 11.9 Å². The van der Waals surface area contributed by atoms with Gasteiger partial charge in [0, 0.05) is 12.7 Å². The Morgan fingerprint density at radius 1 is 1.79 bits per heavy atom. The zero-order chi connectivity index (χ0) is 10.3. The zero-order valence-electron chi connectivity index (χ0n) is 8.10.